The molecule has 0 aromatic heterocycles. The Bertz CT molecular complexity index is 1120. The molecule has 0 aliphatic carbocycles. The quantitative estimate of drug-likeness (QED) is 0.352. The molecule has 0 bridgehead atoms. The number of fused-ring (bicyclic) bond motifs is 1. The molecule has 154 valence electrons. The average Bonchev–Trinajstić information content (AvgIpc) is 2.69. The molecule has 0 fully saturated rings. The summed E-state index contributed by atoms with van der Waals surface area (Å²) >= 11 is 24.5. The van der Waals surface area contributed by atoms with E-state index >= 15 is 0 Å². The lowest BCUT2D eigenvalue weighted by molar-refractivity contribution is 0.631. The number of benzene rings is 3. The fourth-order valence-electron chi connectivity index (χ4n) is 3.32. The highest BCUT2D eigenvalue weighted by Crippen LogP contribution is 2.37. The molecule has 30 heavy (non-hydrogen) atoms. The molecule has 3 aromatic rings. The van der Waals surface area contributed by atoms with Gasteiger partial charge in [0.1, 0.15) is 11.5 Å². The van der Waals surface area contributed by atoms with Crippen LogP contribution in [0.1, 0.15) is 11.1 Å². The van der Waals surface area contributed by atoms with Crippen LogP contribution in [0.2, 0.25) is 20.1 Å². The van der Waals surface area contributed by atoms with E-state index in [1.807, 2.05) is 49.4 Å². The van der Waals surface area contributed by atoms with Gasteiger partial charge in [0.15, 0.2) is 0 Å². The number of hydrogen-bond donors (Lipinski definition) is 3. The summed E-state index contributed by atoms with van der Waals surface area (Å²) in [4.78, 5) is 4.82. The van der Waals surface area contributed by atoms with Crippen molar-refractivity contribution in [3.8, 4) is 0 Å². The van der Waals surface area contributed by atoms with Crippen LogP contribution in [-0.2, 0) is 6.42 Å². The molecule has 0 radical (unpaired) electrons. The third kappa shape index (κ3) is 4.39. The zero-order valence-electron chi connectivity index (χ0n) is 15.9. The van der Waals surface area contributed by atoms with E-state index < -0.39 is 5.66 Å². The summed E-state index contributed by atoms with van der Waals surface area (Å²) in [5, 5.41) is 8.36. The normalized spacial score (nSPS) is 17.7. The largest absolute Gasteiger partial charge is 0.359 e. The van der Waals surface area contributed by atoms with Gasteiger partial charge in [-0.05, 0) is 54.4 Å². The summed E-state index contributed by atoms with van der Waals surface area (Å²) in [7, 11) is 0. The zero-order valence-corrected chi connectivity index (χ0v) is 19.0. The summed E-state index contributed by atoms with van der Waals surface area (Å²) in [6.07, 6.45) is 0.471. The minimum absolute atomic E-state index is 0.300. The van der Waals surface area contributed by atoms with Gasteiger partial charge in [-0.15, -0.1) is 0 Å². The van der Waals surface area contributed by atoms with Gasteiger partial charge < -0.3 is 16.4 Å². The number of nitrogens with zero attached hydrogens (tertiary/aromatic N) is 1. The van der Waals surface area contributed by atoms with E-state index in [1.165, 1.54) is 0 Å². The predicted molar refractivity (Wildman–Crippen MR) is 129 cm³/mol. The highest BCUT2D eigenvalue weighted by Gasteiger charge is 2.36. The Balaban J connectivity index is 1.76. The Morgan fingerprint density at radius 1 is 0.967 bits per heavy atom. The van der Waals surface area contributed by atoms with E-state index in [0.717, 1.165) is 22.5 Å². The second-order valence-corrected chi connectivity index (χ2v) is 8.89. The van der Waals surface area contributed by atoms with Crippen molar-refractivity contribution in [2.24, 2.45) is 10.7 Å². The van der Waals surface area contributed by atoms with E-state index in [-0.39, 0.29) is 0 Å². The standard InChI is InChI=1S/C22H18Cl4N4/c1-12-2-7-18-19(8-12)29-21(28-15-9-16(24)20(26)17(25)10-15)22(27,30-18)11-13-3-5-14(23)6-4-13/h2-10,30H,11,27H2,1H3,(H,28,29). The monoisotopic (exact) mass is 478 g/mol. The van der Waals surface area contributed by atoms with Crippen LogP contribution in [-0.4, -0.2) is 11.5 Å². The Kier molecular flexibility index (Phi) is 5.88. The molecule has 3 aromatic carbocycles. The molecular weight excluding hydrogens is 462 g/mol. The smallest absolute Gasteiger partial charge is 0.150 e. The van der Waals surface area contributed by atoms with Crippen LogP contribution < -0.4 is 16.4 Å². The Hall–Kier alpha value is -1.95. The molecule has 0 spiro atoms. The van der Waals surface area contributed by atoms with Crippen molar-refractivity contribution in [2.75, 3.05) is 10.6 Å². The van der Waals surface area contributed by atoms with Gasteiger partial charge in [-0.2, -0.15) is 0 Å². The minimum atomic E-state index is -1.01. The summed E-state index contributed by atoms with van der Waals surface area (Å²) in [5.74, 6) is 0.532. The molecule has 4 N–H and O–H groups in total. The minimum Gasteiger partial charge on any atom is -0.359 e. The van der Waals surface area contributed by atoms with Crippen LogP contribution in [0.4, 0.5) is 17.1 Å². The molecule has 1 heterocycles. The SMILES string of the molecule is Cc1ccc2c(c1)N=C(Nc1cc(Cl)c(Cl)c(Cl)c1)C(N)(Cc1ccc(Cl)cc1)N2. The van der Waals surface area contributed by atoms with Crippen molar-refractivity contribution >= 4 is 69.3 Å². The Labute approximate surface area is 195 Å². The van der Waals surface area contributed by atoms with Gasteiger partial charge in [-0.1, -0.05) is 64.6 Å². The lowest BCUT2D eigenvalue weighted by Crippen LogP contribution is -2.60. The van der Waals surface area contributed by atoms with E-state index in [2.05, 4.69) is 10.6 Å². The van der Waals surface area contributed by atoms with Gasteiger partial charge in [0.05, 0.1) is 26.4 Å². The van der Waals surface area contributed by atoms with Gasteiger partial charge >= 0.3 is 0 Å². The van der Waals surface area contributed by atoms with Crippen LogP contribution in [0.25, 0.3) is 0 Å². The third-order valence-corrected chi connectivity index (χ3v) is 6.26. The Morgan fingerprint density at radius 2 is 1.63 bits per heavy atom. The van der Waals surface area contributed by atoms with Crippen molar-refractivity contribution in [3.63, 3.8) is 0 Å². The topological polar surface area (TPSA) is 62.4 Å². The number of aryl methyl sites for hydroxylation is 1. The number of nitrogens with one attached hydrogen (secondary N) is 2. The number of hydrogen-bond acceptors (Lipinski definition) is 4. The van der Waals surface area contributed by atoms with Crippen molar-refractivity contribution in [1.29, 1.82) is 0 Å². The summed E-state index contributed by atoms with van der Waals surface area (Å²) in [5.41, 5.74) is 10.2. The summed E-state index contributed by atoms with van der Waals surface area (Å²) in [6, 6.07) is 16.9. The highest BCUT2D eigenvalue weighted by molar-refractivity contribution is 6.48. The maximum Gasteiger partial charge on any atom is 0.150 e. The van der Waals surface area contributed by atoms with Crippen molar-refractivity contribution in [1.82, 2.24) is 0 Å². The second-order valence-electron chi connectivity index (χ2n) is 7.26. The van der Waals surface area contributed by atoms with Crippen LogP contribution in [0, 0.1) is 6.92 Å². The molecule has 1 aliphatic heterocycles. The maximum absolute atomic E-state index is 6.85. The number of rotatable bonds is 3. The molecule has 1 aliphatic rings. The molecular formula is C22H18Cl4N4. The van der Waals surface area contributed by atoms with Crippen molar-refractivity contribution in [3.05, 3.63) is 85.8 Å². The molecule has 4 rings (SSSR count). The average molecular weight is 480 g/mol. The van der Waals surface area contributed by atoms with Crippen LogP contribution in [0.3, 0.4) is 0 Å². The predicted octanol–water partition coefficient (Wildman–Crippen LogP) is 7.07. The summed E-state index contributed by atoms with van der Waals surface area (Å²) < 4.78 is 0. The van der Waals surface area contributed by atoms with E-state index in [4.69, 9.17) is 57.1 Å². The van der Waals surface area contributed by atoms with Gasteiger partial charge in [-0.3, -0.25) is 0 Å². The second kappa shape index (κ2) is 8.29. The fourth-order valence-corrected chi connectivity index (χ4v) is 4.04. The van der Waals surface area contributed by atoms with Crippen molar-refractivity contribution in [2.45, 2.75) is 19.0 Å². The van der Waals surface area contributed by atoms with Gasteiger partial charge in [0.25, 0.3) is 0 Å². The van der Waals surface area contributed by atoms with Gasteiger partial charge in [0.2, 0.25) is 0 Å². The number of anilines is 2. The van der Waals surface area contributed by atoms with E-state index in [1.54, 1.807) is 12.1 Å². The number of nitrogens with two attached hydrogens (primary N) is 1. The first-order valence-electron chi connectivity index (χ1n) is 9.16. The third-order valence-electron chi connectivity index (χ3n) is 4.81. The molecule has 0 saturated carbocycles. The highest BCUT2D eigenvalue weighted by atomic mass is 35.5. The summed E-state index contributed by atoms with van der Waals surface area (Å²) in [6.45, 7) is 2.01. The van der Waals surface area contributed by atoms with E-state index in [9.17, 15) is 0 Å². The van der Waals surface area contributed by atoms with Crippen LogP contribution in [0.15, 0.2) is 59.6 Å². The molecule has 0 amide bonds. The van der Waals surface area contributed by atoms with Crippen LogP contribution in [0.5, 0.6) is 0 Å². The first kappa shape index (κ1) is 21.3. The number of aliphatic imine (C=N–C) groups is 1. The number of halogens is 4. The number of amidine groups is 1. The first-order chi connectivity index (χ1) is 14.2. The maximum atomic E-state index is 6.85. The van der Waals surface area contributed by atoms with Crippen LogP contribution >= 0.6 is 46.4 Å². The van der Waals surface area contributed by atoms with Gasteiger partial charge in [0, 0.05) is 17.1 Å². The lowest BCUT2D eigenvalue weighted by atomic mass is 9.96. The molecule has 1 unspecified atom stereocenters. The Morgan fingerprint density at radius 3 is 2.30 bits per heavy atom. The van der Waals surface area contributed by atoms with Gasteiger partial charge in [-0.25, -0.2) is 4.99 Å². The first-order valence-corrected chi connectivity index (χ1v) is 10.7. The fraction of sp³-hybridized carbons (Fsp3) is 0.136. The molecule has 1 atom stereocenters. The molecule has 8 heteroatoms. The lowest BCUT2D eigenvalue weighted by Gasteiger charge is -2.37. The van der Waals surface area contributed by atoms with Crippen molar-refractivity contribution < 1.29 is 0 Å². The van der Waals surface area contributed by atoms with E-state index in [0.29, 0.717) is 38.0 Å². The molecule has 4 nitrogen and oxygen atoms in total. The zero-order chi connectivity index (χ0) is 21.5. The molecule has 0 saturated heterocycles.